The van der Waals surface area contributed by atoms with Crippen molar-refractivity contribution >= 4 is 0 Å². The number of nitrogens with zero attached hydrogens (tertiary/aromatic N) is 1. The highest BCUT2D eigenvalue weighted by Gasteiger charge is 2.33. The van der Waals surface area contributed by atoms with Crippen LogP contribution in [0.1, 0.15) is 59.8 Å². The van der Waals surface area contributed by atoms with Gasteiger partial charge in [0.2, 0.25) is 0 Å². The van der Waals surface area contributed by atoms with Crippen LogP contribution in [0.25, 0.3) is 0 Å². The van der Waals surface area contributed by atoms with Gasteiger partial charge in [0.05, 0.1) is 0 Å². The van der Waals surface area contributed by atoms with Crippen LogP contribution in [0.2, 0.25) is 0 Å². The first-order chi connectivity index (χ1) is 8.50. The predicted octanol–water partition coefficient (Wildman–Crippen LogP) is 3.28. The minimum absolute atomic E-state index is 0.388. The van der Waals surface area contributed by atoms with E-state index in [1.165, 1.54) is 51.7 Å². The molecule has 1 aliphatic heterocycles. The number of rotatable bonds is 2. The maximum absolute atomic E-state index is 3.71. The van der Waals surface area contributed by atoms with Gasteiger partial charge in [0.15, 0.2) is 0 Å². The van der Waals surface area contributed by atoms with Crippen LogP contribution >= 0.6 is 0 Å². The molecule has 1 unspecified atom stereocenters. The Bertz CT molecular complexity index is 248. The summed E-state index contributed by atoms with van der Waals surface area (Å²) in [6.45, 7) is 13.1. The van der Waals surface area contributed by atoms with Gasteiger partial charge in [0.25, 0.3) is 0 Å². The zero-order valence-electron chi connectivity index (χ0n) is 12.8. The number of hydrogen-bond donors (Lipinski definition) is 1. The first-order valence-electron chi connectivity index (χ1n) is 7.98. The van der Waals surface area contributed by atoms with Crippen molar-refractivity contribution in [3.8, 4) is 0 Å². The van der Waals surface area contributed by atoms with Gasteiger partial charge in [-0.05, 0) is 37.0 Å². The molecule has 0 radical (unpaired) electrons. The molecule has 2 nitrogen and oxygen atoms in total. The van der Waals surface area contributed by atoms with Gasteiger partial charge in [-0.25, -0.2) is 0 Å². The summed E-state index contributed by atoms with van der Waals surface area (Å²) in [7, 11) is 0. The summed E-state index contributed by atoms with van der Waals surface area (Å²) in [4.78, 5) is 2.78. The van der Waals surface area contributed by atoms with Crippen LogP contribution in [-0.4, -0.2) is 36.6 Å². The molecule has 2 aliphatic rings. The largest absolute Gasteiger partial charge is 0.311 e. The Hall–Kier alpha value is -0.0800. The van der Waals surface area contributed by atoms with Crippen molar-refractivity contribution in [3.63, 3.8) is 0 Å². The van der Waals surface area contributed by atoms with Crippen molar-refractivity contribution in [1.82, 2.24) is 10.2 Å². The number of piperazine rings is 1. The van der Waals surface area contributed by atoms with E-state index in [4.69, 9.17) is 0 Å². The van der Waals surface area contributed by atoms with Crippen LogP contribution in [0, 0.1) is 11.3 Å². The molecule has 1 N–H and O–H groups in total. The van der Waals surface area contributed by atoms with E-state index in [-0.39, 0.29) is 0 Å². The van der Waals surface area contributed by atoms with Gasteiger partial charge in [-0.2, -0.15) is 0 Å². The Labute approximate surface area is 114 Å². The van der Waals surface area contributed by atoms with Gasteiger partial charge < -0.3 is 5.32 Å². The predicted molar refractivity (Wildman–Crippen MR) is 78.9 cm³/mol. The zero-order chi connectivity index (χ0) is 13.2. The second kappa shape index (κ2) is 5.92. The van der Waals surface area contributed by atoms with E-state index in [0.29, 0.717) is 11.5 Å². The molecule has 2 heteroatoms. The van der Waals surface area contributed by atoms with Crippen molar-refractivity contribution in [1.29, 1.82) is 0 Å². The minimum Gasteiger partial charge on any atom is -0.311 e. The topological polar surface area (TPSA) is 15.3 Å². The first kappa shape index (κ1) is 14.3. The average molecular weight is 252 g/mol. The van der Waals surface area contributed by atoms with Crippen molar-refractivity contribution < 1.29 is 0 Å². The monoisotopic (exact) mass is 252 g/mol. The van der Waals surface area contributed by atoms with Gasteiger partial charge >= 0.3 is 0 Å². The number of nitrogens with one attached hydrogen (secondary N) is 1. The smallest absolute Gasteiger partial charge is 0.0244 e. The molecular weight excluding hydrogens is 220 g/mol. The maximum atomic E-state index is 3.71. The van der Waals surface area contributed by atoms with E-state index in [2.05, 4.69) is 37.9 Å². The van der Waals surface area contributed by atoms with Crippen LogP contribution in [0.4, 0.5) is 0 Å². The second-order valence-electron chi connectivity index (χ2n) is 7.45. The Morgan fingerprint density at radius 2 is 1.78 bits per heavy atom. The Balaban J connectivity index is 1.86. The highest BCUT2D eigenvalue weighted by Crippen LogP contribution is 2.31. The summed E-state index contributed by atoms with van der Waals surface area (Å²) in [5.41, 5.74) is 0.388. The van der Waals surface area contributed by atoms with Gasteiger partial charge in [0.1, 0.15) is 0 Å². The molecule has 2 rings (SSSR count). The summed E-state index contributed by atoms with van der Waals surface area (Å²) in [5, 5.41) is 3.71. The molecule has 0 spiro atoms. The van der Waals surface area contributed by atoms with E-state index in [0.717, 1.165) is 12.0 Å². The first-order valence-corrected chi connectivity index (χ1v) is 7.98. The van der Waals surface area contributed by atoms with Gasteiger partial charge in [-0.3, -0.25) is 4.90 Å². The lowest BCUT2D eigenvalue weighted by molar-refractivity contribution is 0.0714. The molecule has 1 atom stereocenters. The third-order valence-electron chi connectivity index (χ3n) is 5.16. The van der Waals surface area contributed by atoms with Crippen LogP contribution < -0.4 is 5.32 Å². The average Bonchev–Trinajstić information content (AvgIpc) is 2.38. The summed E-state index contributed by atoms with van der Waals surface area (Å²) in [6.07, 6.45) is 7.19. The zero-order valence-corrected chi connectivity index (χ0v) is 12.8. The molecule has 0 aromatic carbocycles. The third-order valence-corrected chi connectivity index (χ3v) is 5.16. The van der Waals surface area contributed by atoms with E-state index in [1.54, 1.807) is 0 Å². The summed E-state index contributed by atoms with van der Waals surface area (Å²) >= 11 is 0. The third kappa shape index (κ3) is 3.48. The summed E-state index contributed by atoms with van der Waals surface area (Å²) in [5.74, 6) is 1.02. The fourth-order valence-corrected chi connectivity index (χ4v) is 3.60. The van der Waals surface area contributed by atoms with Crippen LogP contribution in [0.15, 0.2) is 0 Å². The lowest BCUT2D eigenvalue weighted by Gasteiger charge is -2.45. The lowest BCUT2D eigenvalue weighted by Crippen LogP contribution is -2.58. The lowest BCUT2D eigenvalue weighted by atomic mass is 9.81. The molecule has 2 fully saturated rings. The molecule has 18 heavy (non-hydrogen) atoms. The fraction of sp³-hybridized carbons (Fsp3) is 1.00. The number of hydrogen-bond acceptors (Lipinski definition) is 2. The SMILES string of the molecule is CCC1CCC(N2CCNC(C(C)(C)C)C2)CC1. The Morgan fingerprint density at radius 3 is 2.33 bits per heavy atom. The fourth-order valence-electron chi connectivity index (χ4n) is 3.60. The molecule has 1 saturated heterocycles. The second-order valence-corrected chi connectivity index (χ2v) is 7.45. The normalized spacial score (nSPS) is 35.7. The van der Waals surface area contributed by atoms with E-state index in [9.17, 15) is 0 Å². The van der Waals surface area contributed by atoms with E-state index in [1.807, 2.05) is 0 Å². The maximum Gasteiger partial charge on any atom is 0.0244 e. The summed E-state index contributed by atoms with van der Waals surface area (Å²) in [6, 6.07) is 1.54. The Kier molecular flexibility index (Phi) is 4.71. The van der Waals surface area contributed by atoms with Crippen molar-refractivity contribution in [3.05, 3.63) is 0 Å². The molecule has 1 aliphatic carbocycles. The van der Waals surface area contributed by atoms with Crippen molar-refractivity contribution in [2.45, 2.75) is 71.9 Å². The van der Waals surface area contributed by atoms with Crippen LogP contribution in [0.3, 0.4) is 0 Å². The Morgan fingerprint density at radius 1 is 1.11 bits per heavy atom. The standard InChI is InChI=1S/C16H32N2/c1-5-13-6-8-14(9-7-13)18-11-10-17-15(12-18)16(2,3)4/h13-15,17H,5-12H2,1-4H3. The molecule has 0 bridgehead atoms. The van der Waals surface area contributed by atoms with E-state index < -0.39 is 0 Å². The summed E-state index contributed by atoms with van der Waals surface area (Å²) < 4.78 is 0. The molecule has 106 valence electrons. The van der Waals surface area contributed by atoms with Crippen molar-refractivity contribution in [2.75, 3.05) is 19.6 Å². The molecule has 0 aromatic rings. The van der Waals surface area contributed by atoms with Crippen LogP contribution in [-0.2, 0) is 0 Å². The quantitative estimate of drug-likeness (QED) is 0.811. The van der Waals surface area contributed by atoms with Gasteiger partial charge in [-0.1, -0.05) is 34.1 Å². The molecule has 0 aromatic heterocycles. The van der Waals surface area contributed by atoms with Gasteiger partial charge in [0, 0.05) is 31.7 Å². The van der Waals surface area contributed by atoms with Crippen LogP contribution in [0.5, 0.6) is 0 Å². The van der Waals surface area contributed by atoms with Crippen molar-refractivity contribution in [2.24, 2.45) is 11.3 Å². The molecule has 1 heterocycles. The molecule has 1 saturated carbocycles. The highest BCUT2D eigenvalue weighted by molar-refractivity contribution is 4.90. The minimum atomic E-state index is 0.388. The van der Waals surface area contributed by atoms with E-state index >= 15 is 0 Å². The van der Waals surface area contributed by atoms with Gasteiger partial charge in [-0.15, -0.1) is 0 Å². The molecule has 0 amide bonds. The highest BCUT2D eigenvalue weighted by atomic mass is 15.2. The molecular formula is C16H32N2.